The Morgan fingerprint density at radius 3 is 2.83 bits per heavy atom. The van der Waals surface area contributed by atoms with Gasteiger partial charge >= 0.3 is 0 Å². The van der Waals surface area contributed by atoms with E-state index in [2.05, 4.69) is 6.07 Å². The van der Waals surface area contributed by atoms with Crippen molar-refractivity contribution in [1.82, 2.24) is 0 Å². The molecule has 0 N–H and O–H groups in total. The summed E-state index contributed by atoms with van der Waals surface area (Å²) >= 11 is 1.35. The summed E-state index contributed by atoms with van der Waals surface area (Å²) in [4.78, 5) is 12.8. The molecule has 0 aliphatic carbocycles. The maximum Gasteiger partial charge on any atom is 0.194 e. The summed E-state index contributed by atoms with van der Waals surface area (Å²) in [6.07, 6.45) is 0. The normalized spacial score (nSPS) is 11.6. The van der Waals surface area contributed by atoms with E-state index in [0.29, 0.717) is 16.2 Å². The van der Waals surface area contributed by atoms with Gasteiger partial charge in [0.05, 0.1) is 18.1 Å². The van der Waals surface area contributed by atoms with Crippen molar-refractivity contribution in [3.63, 3.8) is 0 Å². The standard InChI is InChI=1S/C14H11NO2S/c1-17-11-5-2-4-10(8-11)12(9-15)14(16)13-6-3-7-18-13/h2-8,12H,1H3. The summed E-state index contributed by atoms with van der Waals surface area (Å²) in [5.74, 6) is -0.300. The summed E-state index contributed by atoms with van der Waals surface area (Å²) < 4.78 is 5.10. The Hall–Kier alpha value is -2.12. The Kier molecular flexibility index (Phi) is 3.75. The van der Waals surface area contributed by atoms with E-state index in [0.717, 1.165) is 0 Å². The highest BCUT2D eigenvalue weighted by atomic mass is 32.1. The quantitative estimate of drug-likeness (QED) is 0.790. The monoisotopic (exact) mass is 257 g/mol. The van der Waals surface area contributed by atoms with E-state index in [9.17, 15) is 10.1 Å². The van der Waals surface area contributed by atoms with E-state index < -0.39 is 5.92 Å². The van der Waals surface area contributed by atoms with Gasteiger partial charge in [-0.15, -0.1) is 11.3 Å². The van der Waals surface area contributed by atoms with Gasteiger partial charge in [-0.05, 0) is 29.1 Å². The molecule has 2 aromatic rings. The molecule has 2 rings (SSSR count). The van der Waals surface area contributed by atoms with Crippen molar-refractivity contribution >= 4 is 17.1 Å². The van der Waals surface area contributed by atoms with Gasteiger partial charge in [0.25, 0.3) is 0 Å². The number of nitriles is 1. The molecular formula is C14H11NO2S. The summed E-state index contributed by atoms with van der Waals surface area (Å²) in [7, 11) is 1.56. The van der Waals surface area contributed by atoms with E-state index in [1.54, 1.807) is 43.5 Å². The van der Waals surface area contributed by atoms with Gasteiger partial charge in [-0.25, -0.2) is 0 Å². The minimum Gasteiger partial charge on any atom is -0.497 e. The van der Waals surface area contributed by atoms with Crippen LogP contribution in [0.2, 0.25) is 0 Å². The van der Waals surface area contributed by atoms with Gasteiger partial charge in [0.2, 0.25) is 0 Å². The van der Waals surface area contributed by atoms with Crippen molar-refractivity contribution in [3.05, 3.63) is 52.2 Å². The Bertz CT molecular complexity index is 584. The molecule has 0 fully saturated rings. The molecule has 4 heteroatoms. The lowest BCUT2D eigenvalue weighted by atomic mass is 9.95. The molecule has 90 valence electrons. The van der Waals surface area contributed by atoms with Gasteiger partial charge in [0, 0.05) is 0 Å². The van der Waals surface area contributed by atoms with Gasteiger partial charge in [0.1, 0.15) is 11.7 Å². The largest absolute Gasteiger partial charge is 0.497 e. The van der Waals surface area contributed by atoms with Gasteiger partial charge < -0.3 is 4.74 Å². The molecule has 0 saturated heterocycles. The number of carbonyl (C=O) groups excluding carboxylic acids is 1. The second-order valence-electron chi connectivity index (χ2n) is 3.68. The SMILES string of the molecule is COc1cccc(C(C#N)C(=O)c2cccs2)c1. The van der Waals surface area contributed by atoms with Crippen LogP contribution in [-0.4, -0.2) is 12.9 Å². The van der Waals surface area contributed by atoms with E-state index in [-0.39, 0.29) is 5.78 Å². The number of ether oxygens (including phenoxy) is 1. The maximum atomic E-state index is 12.2. The highest BCUT2D eigenvalue weighted by Gasteiger charge is 2.22. The lowest BCUT2D eigenvalue weighted by Crippen LogP contribution is -2.09. The summed E-state index contributed by atoms with van der Waals surface area (Å²) in [5, 5.41) is 11.0. The lowest BCUT2D eigenvalue weighted by molar-refractivity contribution is 0.0983. The molecule has 0 saturated carbocycles. The highest BCUT2D eigenvalue weighted by Crippen LogP contribution is 2.25. The summed E-state index contributed by atoms with van der Waals surface area (Å²) in [6, 6.07) is 12.6. The van der Waals surface area contributed by atoms with Crippen molar-refractivity contribution < 1.29 is 9.53 Å². The fourth-order valence-electron chi connectivity index (χ4n) is 1.67. The van der Waals surface area contributed by atoms with Crippen molar-refractivity contribution in [1.29, 1.82) is 5.26 Å². The number of rotatable bonds is 4. The average molecular weight is 257 g/mol. The molecule has 0 aliphatic rings. The molecule has 1 aromatic carbocycles. The number of methoxy groups -OCH3 is 1. The Morgan fingerprint density at radius 2 is 2.22 bits per heavy atom. The van der Waals surface area contributed by atoms with E-state index >= 15 is 0 Å². The van der Waals surface area contributed by atoms with Gasteiger partial charge in [-0.1, -0.05) is 18.2 Å². The second kappa shape index (κ2) is 5.48. The molecule has 1 atom stereocenters. The molecule has 0 amide bonds. The van der Waals surface area contributed by atoms with Crippen LogP contribution in [0.4, 0.5) is 0 Å². The molecule has 0 spiro atoms. The van der Waals surface area contributed by atoms with Crippen LogP contribution in [-0.2, 0) is 0 Å². The zero-order valence-corrected chi connectivity index (χ0v) is 10.6. The third-order valence-electron chi connectivity index (χ3n) is 2.58. The van der Waals surface area contributed by atoms with Gasteiger partial charge in [-0.3, -0.25) is 4.79 Å². The van der Waals surface area contributed by atoms with Crippen LogP contribution in [0, 0.1) is 11.3 Å². The molecule has 0 bridgehead atoms. The van der Waals surface area contributed by atoms with Crippen LogP contribution in [0.25, 0.3) is 0 Å². The topological polar surface area (TPSA) is 50.1 Å². The highest BCUT2D eigenvalue weighted by molar-refractivity contribution is 7.12. The number of Topliss-reactive ketones (excluding diaryl/α,β-unsaturated/α-hetero) is 1. The molecule has 3 nitrogen and oxygen atoms in total. The summed E-state index contributed by atoms with van der Waals surface area (Å²) in [5.41, 5.74) is 0.662. The first-order valence-electron chi connectivity index (χ1n) is 5.37. The first-order chi connectivity index (χ1) is 8.76. The number of hydrogen-bond donors (Lipinski definition) is 0. The molecule has 18 heavy (non-hydrogen) atoms. The van der Waals surface area contributed by atoms with Gasteiger partial charge in [0.15, 0.2) is 5.78 Å². The number of hydrogen-bond acceptors (Lipinski definition) is 4. The molecule has 0 radical (unpaired) electrons. The third kappa shape index (κ3) is 2.41. The Labute approximate surface area is 109 Å². The number of carbonyl (C=O) groups is 1. The maximum absolute atomic E-state index is 12.2. The second-order valence-corrected chi connectivity index (χ2v) is 4.63. The van der Waals surface area contributed by atoms with E-state index in [1.807, 2.05) is 5.38 Å². The van der Waals surface area contributed by atoms with Crippen molar-refractivity contribution in [2.45, 2.75) is 5.92 Å². The van der Waals surface area contributed by atoms with Crippen LogP contribution in [0.3, 0.4) is 0 Å². The van der Waals surface area contributed by atoms with E-state index in [1.165, 1.54) is 11.3 Å². The van der Waals surface area contributed by atoms with Crippen LogP contribution in [0.5, 0.6) is 5.75 Å². The van der Waals surface area contributed by atoms with Crippen molar-refractivity contribution in [3.8, 4) is 11.8 Å². The lowest BCUT2D eigenvalue weighted by Gasteiger charge is -2.08. The zero-order chi connectivity index (χ0) is 13.0. The Balaban J connectivity index is 2.34. The Morgan fingerprint density at radius 1 is 1.39 bits per heavy atom. The van der Waals surface area contributed by atoms with Crippen LogP contribution >= 0.6 is 11.3 Å². The smallest absolute Gasteiger partial charge is 0.194 e. The van der Waals surface area contributed by atoms with Crippen LogP contribution < -0.4 is 4.74 Å². The predicted octanol–water partition coefficient (Wildman–Crippen LogP) is 3.25. The number of thiophene rings is 1. The number of benzene rings is 1. The number of nitrogens with zero attached hydrogens (tertiary/aromatic N) is 1. The number of ketones is 1. The molecule has 1 unspecified atom stereocenters. The van der Waals surface area contributed by atoms with Crippen molar-refractivity contribution in [2.24, 2.45) is 0 Å². The predicted molar refractivity (Wildman–Crippen MR) is 70.0 cm³/mol. The van der Waals surface area contributed by atoms with E-state index in [4.69, 9.17) is 4.74 Å². The molecule has 1 aromatic heterocycles. The molecule has 0 aliphatic heterocycles. The van der Waals surface area contributed by atoms with Crippen LogP contribution in [0.15, 0.2) is 41.8 Å². The first kappa shape index (κ1) is 12.3. The fraction of sp³-hybridized carbons (Fsp3) is 0.143. The van der Waals surface area contributed by atoms with Crippen LogP contribution in [0.1, 0.15) is 21.2 Å². The minimum absolute atomic E-state index is 0.166. The minimum atomic E-state index is -0.779. The molecular weight excluding hydrogens is 246 g/mol. The zero-order valence-electron chi connectivity index (χ0n) is 9.79. The third-order valence-corrected chi connectivity index (χ3v) is 3.47. The average Bonchev–Trinajstić information content (AvgIpc) is 2.93. The van der Waals surface area contributed by atoms with Crippen molar-refractivity contribution in [2.75, 3.05) is 7.11 Å². The fourth-order valence-corrected chi connectivity index (χ4v) is 2.36. The summed E-state index contributed by atoms with van der Waals surface area (Å²) in [6.45, 7) is 0. The molecule has 1 heterocycles. The first-order valence-corrected chi connectivity index (χ1v) is 6.25. The van der Waals surface area contributed by atoms with Gasteiger partial charge in [-0.2, -0.15) is 5.26 Å².